The summed E-state index contributed by atoms with van der Waals surface area (Å²) in [4.78, 5) is 12.5. The molecule has 5 nitrogen and oxygen atoms in total. The summed E-state index contributed by atoms with van der Waals surface area (Å²) in [7, 11) is 1.63. The van der Waals surface area contributed by atoms with Gasteiger partial charge in [0.1, 0.15) is 5.92 Å². The first-order valence-corrected chi connectivity index (χ1v) is 7.04. The van der Waals surface area contributed by atoms with Crippen LogP contribution in [-0.4, -0.2) is 25.3 Å². The van der Waals surface area contributed by atoms with Gasteiger partial charge < -0.3 is 14.2 Å². The highest BCUT2D eigenvalue weighted by Crippen LogP contribution is 2.40. The molecule has 0 aromatic heterocycles. The molecule has 1 saturated carbocycles. The van der Waals surface area contributed by atoms with Crippen molar-refractivity contribution >= 4 is 5.78 Å². The van der Waals surface area contributed by atoms with Crippen LogP contribution in [0.25, 0.3) is 0 Å². The Bertz CT molecular complexity index is 595. The third-order valence-corrected chi connectivity index (χ3v) is 4.38. The summed E-state index contributed by atoms with van der Waals surface area (Å²) in [6.07, 6.45) is 3.13. The van der Waals surface area contributed by atoms with Gasteiger partial charge in [-0.2, -0.15) is 5.26 Å². The van der Waals surface area contributed by atoms with Crippen molar-refractivity contribution in [3.8, 4) is 17.6 Å². The molecule has 2 aliphatic rings. The van der Waals surface area contributed by atoms with Gasteiger partial charge in [0.25, 0.3) is 0 Å². The number of carbonyl (C=O) groups excluding carboxylic acids is 1. The van der Waals surface area contributed by atoms with E-state index < -0.39 is 5.92 Å². The van der Waals surface area contributed by atoms with E-state index in [0.29, 0.717) is 17.1 Å². The lowest BCUT2D eigenvalue weighted by Crippen LogP contribution is -2.42. The Hall–Kier alpha value is -2.06. The Balaban J connectivity index is 1.78. The summed E-state index contributed by atoms with van der Waals surface area (Å²) < 4.78 is 16.0. The van der Waals surface area contributed by atoms with Crippen molar-refractivity contribution < 1.29 is 19.0 Å². The van der Waals surface area contributed by atoms with Crippen LogP contribution in [0.3, 0.4) is 0 Å². The predicted molar refractivity (Wildman–Crippen MR) is 74.1 cm³/mol. The van der Waals surface area contributed by atoms with E-state index in [1.165, 1.54) is 0 Å². The predicted octanol–water partition coefficient (Wildman–Crippen LogP) is 2.55. The van der Waals surface area contributed by atoms with Gasteiger partial charge in [-0.25, -0.2) is 0 Å². The quantitative estimate of drug-likeness (QED) is 0.832. The number of methoxy groups -OCH3 is 1. The zero-order chi connectivity index (χ0) is 14.9. The molecule has 0 saturated heterocycles. The first-order valence-electron chi connectivity index (χ1n) is 7.04. The number of rotatable bonds is 5. The molecular formula is C16H17NO4. The third-order valence-electron chi connectivity index (χ3n) is 4.38. The maximum atomic E-state index is 12.5. The zero-order valence-corrected chi connectivity index (χ0v) is 11.9. The molecule has 110 valence electrons. The second-order valence-corrected chi connectivity index (χ2v) is 5.56. The second-order valence-electron chi connectivity index (χ2n) is 5.56. The van der Waals surface area contributed by atoms with Gasteiger partial charge in [0, 0.05) is 13.5 Å². The van der Waals surface area contributed by atoms with Crippen molar-refractivity contribution in [1.82, 2.24) is 0 Å². The van der Waals surface area contributed by atoms with E-state index in [1.807, 2.05) is 0 Å². The molecule has 1 aliphatic heterocycles. The number of hydrogen-bond donors (Lipinski definition) is 0. The van der Waals surface area contributed by atoms with E-state index in [1.54, 1.807) is 25.3 Å². The molecule has 1 aromatic rings. The Morgan fingerprint density at radius 1 is 1.43 bits per heavy atom. The fourth-order valence-corrected chi connectivity index (χ4v) is 2.87. The van der Waals surface area contributed by atoms with E-state index >= 15 is 0 Å². The smallest absolute Gasteiger partial charge is 0.231 e. The molecule has 0 spiro atoms. The number of ketones is 1. The number of nitrogens with zero attached hydrogens (tertiary/aromatic N) is 1. The normalized spacial score (nSPS) is 19.4. The first kappa shape index (κ1) is 13.9. The fraction of sp³-hybridized carbons (Fsp3) is 0.500. The molecular weight excluding hydrogens is 270 g/mol. The topological polar surface area (TPSA) is 68.6 Å². The minimum atomic E-state index is -0.785. The molecule has 3 rings (SSSR count). The number of nitriles is 1. The first-order chi connectivity index (χ1) is 10.2. The highest BCUT2D eigenvalue weighted by Gasteiger charge is 2.40. The Labute approximate surface area is 123 Å². The lowest BCUT2D eigenvalue weighted by Gasteiger charge is -2.40. The summed E-state index contributed by atoms with van der Waals surface area (Å²) in [6.45, 7) is 0.177. The number of Topliss-reactive ketones (excluding diaryl/α,β-unsaturated/α-hetero) is 1. The summed E-state index contributed by atoms with van der Waals surface area (Å²) in [5.74, 6) is 0.353. The van der Waals surface area contributed by atoms with Gasteiger partial charge in [0.05, 0.1) is 11.7 Å². The van der Waals surface area contributed by atoms with Crippen LogP contribution in [0, 0.1) is 11.3 Å². The van der Waals surface area contributed by atoms with Gasteiger partial charge in [-0.15, -0.1) is 0 Å². The van der Waals surface area contributed by atoms with Crippen molar-refractivity contribution in [2.75, 3.05) is 13.9 Å². The SMILES string of the molecule is COC1(CC(=O)C(C#N)c2ccc3c(c2)OCO3)CCC1. The summed E-state index contributed by atoms with van der Waals surface area (Å²) in [6, 6.07) is 7.31. The average Bonchev–Trinajstić information content (AvgIpc) is 2.91. The van der Waals surface area contributed by atoms with Crippen LogP contribution in [0.5, 0.6) is 11.5 Å². The molecule has 1 fully saturated rings. The number of ether oxygens (including phenoxy) is 3. The van der Waals surface area contributed by atoms with Crippen molar-refractivity contribution in [1.29, 1.82) is 5.26 Å². The van der Waals surface area contributed by atoms with Gasteiger partial charge in [0.2, 0.25) is 6.79 Å². The van der Waals surface area contributed by atoms with Crippen molar-refractivity contribution in [3.05, 3.63) is 23.8 Å². The van der Waals surface area contributed by atoms with E-state index in [4.69, 9.17) is 14.2 Å². The summed E-state index contributed by atoms with van der Waals surface area (Å²) in [5.41, 5.74) is 0.292. The Morgan fingerprint density at radius 3 is 2.81 bits per heavy atom. The van der Waals surface area contributed by atoms with Gasteiger partial charge in [-0.05, 0) is 37.0 Å². The van der Waals surface area contributed by atoms with Crippen molar-refractivity contribution in [2.45, 2.75) is 37.2 Å². The number of benzene rings is 1. The molecule has 1 heterocycles. The van der Waals surface area contributed by atoms with Crippen molar-refractivity contribution in [2.24, 2.45) is 0 Å². The van der Waals surface area contributed by atoms with Crippen LogP contribution in [0.1, 0.15) is 37.2 Å². The lowest BCUT2D eigenvalue weighted by molar-refractivity contribution is -0.132. The Morgan fingerprint density at radius 2 is 2.19 bits per heavy atom. The minimum absolute atomic E-state index is 0.0992. The third kappa shape index (κ3) is 2.47. The fourth-order valence-electron chi connectivity index (χ4n) is 2.87. The zero-order valence-electron chi connectivity index (χ0n) is 11.9. The Kier molecular flexibility index (Phi) is 3.56. The lowest BCUT2D eigenvalue weighted by atomic mass is 9.74. The van der Waals surface area contributed by atoms with Crippen LogP contribution >= 0.6 is 0 Å². The maximum Gasteiger partial charge on any atom is 0.231 e. The van der Waals surface area contributed by atoms with E-state index in [0.717, 1.165) is 19.3 Å². The standard InChI is InChI=1S/C16H17NO4/c1-19-16(5-2-6-16)8-13(18)12(9-17)11-3-4-14-15(7-11)21-10-20-14/h3-4,7,12H,2,5-6,8,10H2,1H3. The van der Waals surface area contributed by atoms with E-state index in [9.17, 15) is 10.1 Å². The van der Waals surface area contributed by atoms with Crippen LogP contribution in [0.15, 0.2) is 18.2 Å². The molecule has 1 unspecified atom stereocenters. The molecule has 0 radical (unpaired) electrons. The van der Waals surface area contributed by atoms with Gasteiger partial charge >= 0.3 is 0 Å². The van der Waals surface area contributed by atoms with E-state index in [2.05, 4.69) is 6.07 Å². The van der Waals surface area contributed by atoms with Gasteiger partial charge in [-0.1, -0.05) is 6.07 Å². The minimum Gasteiger partial charge on any atom is -0.454 e. The largest absolute Gasteiger partial charge is 0.454 e. The summed E-state index contributed by atoms with van der Waals surface area (Å²) in [5, 5.41) is 9.37. The molecule has 0 bridgehead atoms. The molecule has 0 amide bonds. The number of hydrogen-bond acceptors (Lipinski definition) is 5. The number of carbonyl (C=O) groups is 1. The summed E-state index contributed by atoms with van der Waals surface area (Å²) >= 11 is 0. The van der Waals surface area contributed by atoms with Crippen LogP contribution < -0.4 is 9.47 Å². The molecule has 5 heteroatoms. The second kappa shape index (κ2) is 5.38. The molecule has 0 N–H and O–H groups in total. The van der Waals surface area contributed by atoms with Crippen molar-refractivity contribution in [3.63, 3.8) is 0 Å². The highest BCUT2D eigenvalue weighted by atomic mass is 16.7. The van der Waals surface area contributed by atoms with Crippen LogP contribution in [0.2, 0.25) is 0 Å². The molecule has 1 atom stereocenters. The number of fused-ring (bicyclic) bond motifs is 1. The van der Waals surface area contributed by atoms with Crippen LogP contribution in [-0.2, 0) is 9.53 Å². The van der Waals surface area contributed by atoms with Gasteiger partial charge in [-0.3, -0.25) is 4.79 Å². The molecule has 1 aliphatic carbocycles. The highest BCUT2D eigenvalue weighted by molar-refractivity contribution is 5.89. The van der Waals surface area contributed by atoms with Gasteiger partial charge in [0.15, 0.2) is 17.3 Å². The molecule has 1 aromatic carbocycles. The molecule has 21 heavy (non-hydrogen) atoms. The monoisotopic (exact) mass is 287 g/mol. The average molecular weight is 287 g/mol. The maximum absolute atomic E-state index is 12.5. The van der Waals surface area contributed by atoms with E-state index in [-0.39, 0.29) is 24.6 Å². The van der Waals surface area contributed by atoms with Crippen LogP contribution in [0.4, 0.5) is 0 Å².